The summed E-state index contributed by atoms with van der Waals surface area (Å²) in [4.78, 5) is 31.9. The van der Waals surface area contributed by atoms with Gasteiger partial charge in [0.15, 0.2) is 5.52 Å². The number of hydrogen-bond donors (Lipinski definition) is 2. The fourth-order valence-corrected chi connectivity index (χ4v) is 4.17. The van der Waals surface area contributed by atoms with E-state index in [-0.39, 0.29) is 23.3 Å². The molecule has 4 rings (SSSR count). The predicted molar refractivity (Wildman–Crippen MR) is 114 cm³/mol. The van der Waals surface area contributed by atoms with Gasteiger partial charge in [-0.15, -0.1) is 0 Å². The van der Waals surface area contributed by atoms with E-state index in [2.05, 4.69) is 17.0 Å². The van der Waals surface area contributed by atoms with Gasteiger partial charge < -0.3 is 15.5 Å². The molecule has 1 saturated carbocycles. The zero-order valence-electron chi connectivity index (χ0n) is 17.6. The molecule has 1 aromatic carbocycles. The van der Waals surface area contributed by atoms with E-state index in [0.29, 0.717) is 29.2 Å². The van der Waals surface area contributed by atoms with Crippen LogP contribution in [0.15, 0.2) is 23.0 Å². The number of primary amides is 1. The molecule has 0 saturated heterocycles. The molecule has 158 valence electrons. The largest absolute Gasteiger partial charge is 0.493 e. The summed E-state index contributed by atoms with van der Waals surface area (Å²) in [6.45, 7) is 4.49. The van der Waals surface area contributed by atoms with E-state index < -0.39 is 0 Å². The highest BCUT2D eigenvalue weighted by molar-refractivity contribution is 5.80. The van der Waals surface area contributed by atoms with Crippen LogP contribution in [0.1, 0.15) is 50.3 Å². The molecule has 3 aromatic rings. The van der Waals surface area contributed by atoms with Gasteiger partial charge in [0, 0.05) is 13.0 Å². The van der Waals surface area contributed by atoms with E-state index in [1.807, 2.05) is 25.1 Å². The fourth-order valence-electron chi connectivity index (χ4n) is 4.17. The molecule has 30 heavy (non-hydrogen) atoms. The predicted octanol–water partition coefficient (Wildman–Crippen LogP) is 2.65. The first kappa shape index (κ1) is 20.1. The smallest absolute Gasteiger partial charge is 0.277 e. The molecule has 1 aliphatic carbocycles. The highest BCUT2D eigenvalue weighted by Gasteiger charge is 2.34. The number of aromatic amines is 1. The standard InChI is InChI=1S/C22H27N5O3/c1-4-6-16-18-19(27(3)26-16)22(29)25-21(24-18)15-11-12(7-8-17(15)30-5-2)13-9-14(10-13)20(23)28/h7-8,11,13-14H,4-6,9-10H2,1-3H3,(H2,23,28)(H,24,25,29). The summed E-state index contributed by atoms with van der Waals surface area (Å²) in [5.74, 6) is 1.09. The molecule has 0 unspecified atom stereocenters. The van der Waals surface area contributed by atoms with Crippen LogP contribution in [0.2, 0.25) is 0 Å². The lowest BCUT2D eigenvalue weighted by Crippen LogP contribution is -2.33. The van der Waals surface area contributed by atoms with Crippen molar-refractivity contribution in [1.82, 2.24) is 19.7 Å². The Morgan fingerprint density at radius 1 is 1.33 bits per heavy atom. The number of ether oxygens (including phenoxy) is 1. The van der Waals surface area contributed by atoms with Crippen molar-refractivity contribution in [3.63, 3.8) is 0 Å². The van der Waals surface area contributed by atoms with E-state index in [0.717, 1.165) is 42.5 Å². The SMILES string of the molecule is CCCc1nn(C)c2c(=O)[nH]c(-c3cc(C4CC(C(N)=O)C4)ccc3OCC)nc12. The van der Waals surface area contributed by atoms with Crippen LogP contribution in [0.5, 0.6) is 5.75 Å². The van der Waals surface area contributed by atoms with E-state index in [1.165, 1.54) is 0 Å². The molecule has 1 fully saturated rings. The molecule has 3 N–H and O–H groups in total. The Bertz CT molecular complexity index is 1160. The summed E-state index contributed by atoms with van der Waals surface area (Å²) in [5, 5.41) is 4.49. The molecule has 0 radical (unpaired) electrons. The van der Waals surface area contributed by atoms with Crippen molar-refractivity contribution in [3.8, 4) is 17.1 Å². The van der Waals surface area contributed by atoms with Crippen LogP contribution in [0, 0.1) is 5.92 Å². The van der Waals surface area contributed by atoms with Gasteiger partial charge >= 0.3 is 0 Å². The second-order valence-corrected chi connectivity index (χ2v) is 7.89. The Labute approximate surface area is 174 Å². The number of carbonyl (C=O) groups is 1. The van der Waals surface area contributed by atoms with Gasteiger partial charge in [-0.2, -0.15) is 5.10 Å². The Hall–Kier alpha value is -3.16. The Balaban J connectivity index is 1.81. The number of H-pyrrole nitrogens is 1. The van der Waals surface area contributed by atoms with Gasteiger partial charge in [0.05, 0.1) is 17.9 Å². The zero-order valence-corrected chi connectivity index (χ0v) is 17.6. The summed E-state index contributed by atoms with van der Waals surface area (Å²) in [6, 6.07) is 5.93. The van der Waals surface area contributed by atoms with Crippen molar-refractivity contribution in [2.75, 3.05) is 6.61 Å². The van der Waals surface area contributed by atoms with Gasteiger partial charge in [0.25, 0.3) is 5.56 Å². The molecule has 0 aliphatic heterocycles. The third-order valence-electron chi connectivity index (χ3n) is 5.82. The summed E-state index contributed by atoms with van der Waals surface area (Å²) < 4.78 is 7.41. The number of aryl methyl sites for hydroxylation is 2. The van der Waals surface area contributed by atoms with Crippen molar-refractivity contribution in [3.05, 3.63) is 39.8 Å². The van der Waals surface area contributed by atoms with Crippen LogP contribution >= 0.6 is 0 Å². The molecule has 0 atom stereocenters. The van der Waals surface area contributed by atoms with Crippen molar-refractivity contribution in [2.24, 2.45) is 18.7 Å². The third-order valence-corrected chi connectivity index (χ3v) is 5.82. The summed E-state index contributed by atoms with van der Waals surface area (Å²) in [7, 11) is 1.76. The van der Waals surface area contributed by atoms with Crippen LogP contribution in [0.3, 0.4) is 0 Å². The lowest BCUT2D eigenvalue weighted by molar-refractivity contribution is -0.124. The number of amides is 1. The normalized spacial score (nSPS) is 18.4. The summed E-state index contributed by atoms with van der Waals surface area (Å²) in [6.07, 6.45) is 3.16. The highest BCUT2D eigenvalue weighted by atomic mass is 16.5. The molecule has 0 bridgehead atoms. The maximum atomic E-state index is 12.8. The minimum atomic E-state index is -0.242. The second-order valence-electron chi connectivity index (χ2n) is 7.89. The average molecular weight is 409 g/mol. The monoisotopic (exact) mass is 409 g/mol. The van der Waals surface area contributed by atoms with E-state index in [9.17, 15) is 9.59 Å². The summed E-state index contributed by atoms with van der Waals surface area (Å²) >= 11 is 0. The van der Waals surface area contributed by atoms with Crippen LogP contribution in [-0.4, -0.2) is 32.3 Å². The molecule has 1 aliphatic rings. The number of aromatic nitrogens is 4. The van der Waals surface area contributed by atoms with E-state index in [1.54, 1.807) is 11.7 Å². The van der Waals surface area contributed by atoms with Gasteiger partial charge in [-0.25, -0.2) is 4.98 Å². The quantitative estimate of drug-likeness (QED) is 0.622. The Morgan fingerprint density at radius 2 is 2.10 bits per heavy atom. The molecular weight excluding hydrogens is 382 g/mol. The van der Waals surface area contributed by atoms with E-state index in [4.69, 9.17) is 15.5 Å². The maximum absolute atomic E-state index is 12.8. The van der Waals surface area contributed by atoms with E-state index >= 15 is 0 Å². The molecule has 8 heteroatoms. The third kappa shape index (κ3) is 3.46. The van der Waals surface area contributed by atoms with Gasteiger partial charge in [-0.3, -0.25) is 14.3 Å². The number of rotatable bonds is 7. The second kappa shape index (κ2) is 7.93. The average Bonchev–Trinajstić information content (AvgIpc) is 2.98. The number of nitrogens with two attached hydrogens (primary N) is 1. The molecular formula is C22H27N5O3. The number of nitrogens with zero attached hydrogens (tertiary/aromatic N) is 3. The van der Waals surface area contributed by atoms with Crippen molar-refractivity contribution in [1.29, 1.82) is 0 Å². The maximum Gasteiger partial charge on any atom is 0.277 e. The molecule has 8 nitrogen and oxygen atoms in total. The van der Waals surface area contributed by atoms with Crippen LogP contribution < -0.4 is 16.0 Å². The zero-order chi connectivity index (χ0) is 21.4. The fraction of sp³-hybridized carbons (Fsp3) is 0.455. The lowest BCUT2D eigenvalue weighted by atomic mass is 9.71. The van der Waals surface area contributed by atoms with Gasteiger partial charge in [-0.1, -0.05) is 19.4 Å². The van der Waals surface area contributed by atoms with Crippen molar-refractivity contribution >= 4 is 16.9 Å². The van der Waals surface area contributed by atoms with Gasteiger partial charge in [0.2, 0.25) is 5.91 Å². The number of fused-ring (bicyclic) bond motifs is 1. The van der Waals surface area contributed by atoms with Crippen molar-refractivity contribution < 1.29 is 9.53 Å². The Morgan fingerprint density at radius 3 is 2.77 bits per heavy atom. The first-order chi connectivity index (χ1) is 14.4. The highest BCUT2D eigenvalue weighted by Crippen LogP contribution is 2.43. The van der Waals surface area contributed by atoms with Gasteiger partial charge in [0.1, 0.15) is 17.1 Å². The first-order valence-corrected chi connectivity index (χ1v) is 10.4. The molecule has 0 spiro atoms. The number of benzene rings is 1. The van der Waals surface area contributed by atoms with Crippen LogP contribution in [-0.2, 0) is 18.3 Å². The first-order valence-electron chi connectivity index (χ1n) is 10.4. The van der Waals surface area contributed by atoms with Crippen LogP contribution in [0.4, 0.5) is 0 Å². The summed E-state index contributed by atoms with van der Waals surface area (Å²) in [5.41, 5.74) is 8.94. The minimum Gasteiger partial charge on any atom is -0.493 e. The van der Waals surface area contributed by atoms with Crippen molar-refractivity contribution in [2.45, 2.75) is 45.4 Å². The number of hydrogen-bond acceptors (Lipinski definition) is 5. The topological polar surface area (TPSA) is 116 Å². The lowest BCUT2D eigenvalue weighted by Gasteiger charge is -2.33. The molecule has 2 heterocycles. The minimum absolute atomic E-state index is 0.0636. The molecule has 1 amide bonds. The number of carbonyl (C=O) groups excluding carboxylic acids is 1. The van der Waals surface area contributed by atoms with Crippen LogP contribution in [0.25, 0.3) is 22.4 Å². The number of nitrogens with one attached hydrogen (secondary N) is 1. The molecule has 2 aromatic heterocycles. The Kier molecular flexibility index (Phi) is 5.32. The van der Waals surface area contributed by atoms with Gasteiger partial charge in [-0.05, 0) is 49.8 Å².